The number of carbonyl (C=O) groups is 1. The van der Waals surface area contributed by atoms with Gasteiger partial charge in [-0.05, 0) is 36.6 Å². The van der Waals surface area contributed by atoms with E-state index in [4.69, 9.17) is 4.74 Å². The smallest absolute Gasteiger partial charge is 0.227 e. The Morgan fingerprint density at radius 1 is 1.08 bits per heavy atom. The van der Waals surface area contributed by atoms with Crippen LogP contribution in [0.25, 0.3) is 0 Å². The first-order valence-electron chi connectivity index (χ1n) is 8.21. The highest BCUT2D eigenvalue weighted by Crippen LogP contribution is 2.23. The van der Waals surface area contributed by atoms with Crippen molar-refractivity contribution in [2.45, 2.75) is 32.3 Å². The van der Waals surface area contributed by atoms with Gasteiger partial charge in [0.1, 0.15) is 5.75 Å². The second-order valence-electron chi connectivity index (χ2n) is 5.91. The zero-order chi connectivity index (χ0) is 17.5. The van der Waals surface area contributed by atoms with Gasteiger partial charge in [0.25, 0.3) is 0 Å². The molecule has 2 rings (SSSR count). The van der Waals surface area contributed by atoms with E-state index >= 15 is 0 Å². The topological polar surface area (TPSA) is 58.6 Å². The lowest BCUT2D eigenvalue weighted by Gasteiger charge is -2.18. The normalized spacial score (nSPS) is 13.2. The van der Waals surface area contributed by atoms with Crippen LogP contribution in [-0.2, 0) is 4.79 Å². The second-order valence-corrected chi connectivity index (χ2v) is 5.91. The van der Waals surface area contributed by atoms with E-state index in [1.54, 1.807) is 7.11 Å². The fraction of sp³-hybridized carbons (Fsp3) is 0.350. The van der Waals surface area contributed by atoms with E-state index in [1.165, 1.54) is 0 Å². The summed E-state index contributed by atoms with van der Waals surface area (Å²) in [6.07, 6.45) is -0.0124. The zero-order valence-corrected chi connectivity index (χ0v) is 14.5. The van der Waals surface area contributed by atoms with E-state index in [0.717, 1.165) is 22.4 Å². The summed E-state index contributed by atoms with van der Waals surface area (Å²) >= 11 is 0. The minimum absolute atomic E-state index is 0.0752. The van der Waals surface area contributed by atoms with Crippen LogP contribution in [0.5, 0.6) is 5.75 Å². The van der Waals surface area contributed by atoms with Crippen LogP contribution in [0.2, 0.25) is 0 Å². The number of aliphatic hydroxyl groups excluding tert-OH is 1. The third-order valence-corrected chi connectivity index (χ3v) is 4.17. The first-order chi connectivity index (χ1) is 11.5. The lowest BCUT2D eigenvalue weighted by molar-refractivity contribution is -0.123. The lowest BCUT2D eigenvalue weighted by Crippen LogP contribution is -2.32. The fourth-order valence-corrected chi connectivity index (χ4v) is 2.64. The number of hydrogen-bond donors (Lipinski definition) is 2. The van der Waals surface area contributed by atoms with Crippen molar-refractivity contribution in [1.82, 2.24) is 5.32 Å². The maximum atomic E-state index is 12.5. The highest BCUT2D eigenvalue weighted by atomic mass is 16.5. The molecule has 2 N–H and O–H groups in total. The van der Waals surface area contributed by atoms with Gasteiger partial charge in [-0.2, -0.15) is 0 Å². The van der Waals surface area contributed by atoms with Crippen LogP contribution in [0.3, 0.4) is 0 Å². The number of nitrogens with one attached hydrogen (secondary N) is 1. The predicted molar refractivity (Wildman–Crippen MR) is 95.2 cm³/mol. The Balaban J connectivity index is 1.97. The Bertz CT molecular complexity index is 650. The molecule has 0 saturated carbocycles. The minimum atomic E-state index is -0.706. The van der Waals surface area contributed by atoms with Crippen LogP contribution in [0.4, 0.5) is 0 Å². The number of ether oxygens (including phenoxy) is 1. The van der Waals surface area contributed by atoms with Crippen LogP contribution < -0.4 is 10.1 Å². The highest BCUT2D eigenvalue weighted by molar-refractivity contribution is 5.83. The van der Waals surface area contributed by atoms with E-state index < -0.39 is 6.10 Å². The Morgan fingerprint density at radius 2 is 1.67 bits per heavy atom. The number of aryl methyl sites for hydroxylation is 1. The molecule has 2 unspecified atom stereocenters. The van der Waals surface area contributed by atoms with Gasteiger partial charge in [0.05, 0.1) is 19.1 Å². The van der Waals surface area contributed by atoms with E-state index in [9.17, 15) is 9.90 Å². The lowest BCUT2D eigenvalue weighted by atomic mass is 9.95. The van der Waals surface area contributed by atoms with E-state index in [1.807, 2.05) is 62.4 Å². The van der Waals surface area contributed by atoms with E-state index in [-0.39, 0.29) is 18.4 Å². The first-order valence-corrected chi connectivity index (χ1v) is 8.21. The summed E-state index contributed by atoms with van der Waals surface area (Å²) < 4.78 is 5.15. The number of hydrogen-bond acceptors (Lipinski definition) is 3. The second kappa shape index (κ2) is 8.50. The molecule has 0 aliphatic rings. The Labute approximate surface area is 143 Å². The summed E-state index contributed by atoms with van der Waals surface area (Å²) in [5, 5.41) is 13.1. The average molecular weight is 327 g/mol. The molecule has 0 spiro atoms. The quantitative estimate of drug-likeness (QED) is 0.820. The largest absolute Gasteiger partial charge is 0.497 e. The van der Waals surface area contributed by atoms with E-state index in [2.05, 4.69) is 5.32 Å². The average Bonchev–Trinajstić information content (AvgIpc) is 2.61. The monoisotopic (exact) mass is 327 g/mol. The molecule has 0 aromatic heterocycles. The molecule has 0 radical (unpaired) electrons. The number of amides is 1. The SMILES string of the molecule is CCC(C(=O)NCC(O)c1ccc(C)cc1)c1ccc(OC)cc1. The number of methoxy groups -OCH3 is 1. The van der Waals surface area contributed by atoms with Crippen molar-refractivity contribution in [2.24, 2.45) is 0 Å². The molecule has 24 heavy (non-hydrogen) atoms. The maximum Gasteiger partial charge on any atom is 0.227 e. The van der Waals surface area contributed by atoms with Gasteiger partial charge in [0.15, 0.2) is 0 Å². The minimum Gasteiger partial charge on any atom is -0.497 e. The summed E-state index contributed by atoms with van der Waals surface area (Å²) in [6, 6.07) is 15.2. The van der Waals surface area contributed by atoms with Crippen molar-refractivity contribution >= 4 is 5.91 Å². The van der Waals surface area contributed by atoms with Crippen molar-refractivity contribution in [3.63, 3.8) is 0 Å². The highest BCUT2D eigenvalue weighted by Gasteiger charge is 2.19. The van der Waals surface area contributed by atoms with Crippen molar-refractivity contribution in [2.75, 3.05) is 13.7 Å². The Morgan fingerprint density at radius 3 is 2.21 bits per heavy atom. The summed E-state index contributed by atoms with van der Waals surface area (Å²) in [5.41, 5.74) is 2.89. The number of carbonyl (C=O) groups excluding carboxylic acids is 1. The molecule has 0 saturated heterocycles. The molecule has 2 aromatic carbocycles. The summed E-state index contributed by atoms with van der Waals surface area (Å²) in [7, 11) is 1.62. The van der Waals surface area contributed by atoms with Crippen LogP contribution in [0.1, 0.15) is 42.1 Å². The molecule has 0 aliphatic heterocycles. The third-order valence-electron chi connectivity index (χ3n) is 4.17. The van der Waals surface area contributed by atoms with Gasteiger partial charge in [0, 0.05) is 6.54 Å². The van der Waals surface area contributed by atoms with Crippen LogP contribution in [0, 0.1) is 6.92 Å². The molecule has 0 aliphatic carbocycles. The van der Waals surface area contributed by atoms with Gasteiger partial charge in [0.2, 0.25) is 5.91 Å². The van der Waals surface area contributed by atoms with Crippen molar-refractivity contribution in [3.05, 3.63) is 65.2 Å². The standard InChI is InChI=1S/C20H25NO3/c1-4-18(15-9-11-17(24-3)12-10-15)20(23)21-13-19(22)16-7-5-14(2)6-8-16/h5-12,18-19,22H,4,13H2,1-3H3,(H,21,23). The molecule has 4 nitrogen and oxygen atoms in total. The van der Waals surface area contributed by atoms with E-state index in [0.29, 0.717) is 6.42 Å². The van der Waals surface area contributed by atoms with Gasteiger partial charge < -0.3 is 15.2 Å². The van der Waals surface area contributed by atoms with Crippen molar-refractivity contribution in [3.8, 4) is 5.75 Å². The molecule has 1 amide bonds. The maximum absolute atomic E-state index is 12.5. The Hall–Kier alpha value is -2.33. The molecule has 4 heteroatoms. The molecular weight excluding hydrogens is 302 g/mol. The molecule has 2 atom stereocenters. The van der Waals surface area contributed by atoms with Gasteiger partial charge in [-0.15, -0.1) is 0 Å². The summed E-state index contributed by atoms with van der Waals surface area (Å²) in [6.45, 7) is 4.18. The third kappa shape index (κ3) is 4.59. The summed E-state index contributed by atoms with van der Waals surface area (Å²) in [5.74, 6) is 0.457. The number of benzene rings is 2. The van der Waals surface area contributed by atoms with Gasteiger partial charge in [-0.1, -0.05) is 48.9 Å². The summed E-state index contributed by atoms with van der Waals surface area (Å²) in [4.78, 5) is 12.5. The molecule has 128 valence electrons. The van der Waals surface area contributed by atoms with Crippen molar-refractivity contribution < 1.29 is 14.6 Å². The predicted octanol–water partition coefficient (Wildman–Crippen LogP) is 3.35. The Kier molecular flexibility index (Phi) is 6.38. The zero-order valence-electron chi connectivity index (χ0n) is 14.5. The molecule has 0 heterocycles. The number of rotatable bonds is 7. The molecule has 0 fully saturated rings. The van der Waals surface area contributed by atoms with Crippen LogP contribution in [-0.4, -0.2) is 24.7 Å². The van der Waals surface area contributed by atoms with Crippen molar-refractivity contribution in [1.29, 1.82) is 0 Å². The molecular formula is C20H25NO3. The number of aliphatic hydroxyl groups is 1. The fourth-order valence-electron chi connectivity index (χ4n) is 2.64. The first kappa shape index (κ1) is 18.0. The van der Waals surface area contributed by atoms with Gasteiger partial charge >= 0.3 is 0 Å². The van der Waals surface area contributed by atoms with Crippen LogP contribution in [0.15, 0.2) is 48.5 Å². The van der Waals surface area contributed by atoms with Gasteiger partial charge in [-0.25, -0.2) is 0 Å². The molecule has 2 aromatic rings. The molecule has 0 bridgehead atoms. The van der Waals surface area contributed by atoms with Crippen LogP contribution >= 0.6 is 0 Å². The van der Waals surface area contributed by atoms with Gasteiger partial charge in [-0.3, -0.25) is 4.79 Å².